The van der Waals surface area contributed by atoms with Crippen LogP contribution in [0, 0.1) is 10.1 Å². The molecule has 0 bridgehead atoms. The standard InChI is InChI=1S/C10H7BrN2O2/c11-9-7-8(13(14)15)3-4-10(9)12-5-1-2-6-12/h1-7H. The number of aromatic nitrogens is 1. The molecule has 0 atom stereocenters. The Morgan fingerprint density at radius 3 is 2.47 bits per heavy atom. The van der Waals surface area contributed by atoms with Gasteiger partial charge in [-0.05, 0) is 34.1 Å². The highest BCUT2D eigenvalue weighted by atomic mass is 79.9. The van der Waals surface area contributed by atoms with Crippen LogP contribution in [0.4, 0.5) is 5.69 Å². The van der Waals surface area contributed by atoms with Gasteiger partial charge in [-0.25, -0.2) is 0 Å². The van der Waals surface area contributed by atoms with Crippen LogP contribution >= 0.6 is 15.9 Å². The first-order valence-electron chi connectivity index (χ1n) is 4.26. The zero-order chi connectivity index (χ0) is 10.8. The number of halogens is 1. The second kappa shape index (κ2) is 3.86. The second-order valence-corrected chi connectivity index (χ2v) is 3.84. The fraction of sp³-hybridized carbons (Fsp3) is 0. The van der Waals surface area contributed by atoms with Gasteiger partial charge < -0.3 is 4.57 Å². The summed E-state index contributed by atoms with van der Waals surface area (Å²) in [6.07, 6.45) is 3.76. The average molecular weight is 267 g/mol. The Bertz CT molecular complexity index is 494. The van der Waals surface area contributed by atoms with Crippen molar-refractivity contribution in [1.29, 1.82) is 0 Å². The number of hydrogen-bond donors (Lipinski definition) is 0. The lowest BCUT2D eigenvalue weighted by molar-refractivity contribution is -0.384. The van der Waals surface area contributed by atoms with E-state index in [9.17, 15) is 10.1 Å². The van der Waals surface area contributed by atoms with Gasteiger partial charge in [-0.1, -0.05) is 0 Å². The number of nitro groups is 1. The summed E-state index contributed by atoms with van der Waals surface area (Å²) in [5, 5.41) is 10.5. The van der Waals surface area contributed by atoms with Crippen molar-refractivity contribution < 1.29 is 4.92 Å². The first kappa shape index (κ1) is 9.92. The van der Waals surface area contributed by atoms with Crippen molar-refractivity contribution in [2.45, 2.75) is 0 Å². The fourth-order valence-corrected chi connectivity index (χ4v) is 1.89. The Hall–Kier alpha value is -1.62. The lowest BCUT2D eigenvalue weighted by Gasteiger charge is -2.04. The molecule has 0 saturated carbocycles. The van der Waals surface area contributed by atoms with E-state index in [-0.39, 0.29) is 5.69 Å². The zero-order valence-corrected chi connectivity index (χ0v) is 9.22. The molecule has 0 aliphatic heterocycles. The highest BCUT2D eigenvalue weighted by molar-refractivity contribution is 9.10. The first-order valence-corrected chi connectivity index (χ1v) is 5.05. The molecule has 0 N–H and O–H groups in total. The van der Waals surface area contributed by atoms with Crippen LogP contribution in [0.1, 0.15) is 0 Å². The van der Waals surface area contributed by atoms with Crippen LogP contribution in [-0.4, -0.2) is 9.49 Å². The maximum absolute atomic E-state index is 10.5. The largest absolute Gasteiger partial charge is 0.323 e. The summed E-state index contributed by atoms with van der Waals surface area (Å²) in [5.74, 6) is 0. The van der Waals surface area contributed by atoms with E-state index < -0.39 is 4.92 Å². The van der Waals surface area contributed by atoms with Gasteiger partial charge >= 0.3 is 0 Å². The second-order valence-electron chi connectivity index (χ2n) is 2.98. The van der Waals surface area contributed by atoms with Crippen molar-refractivity contribution in [2.24, 2.45) is 0 Å². The van der Waals surface area contributed by atoms with Crippen molar-refractivity contribution >= 4 is 21.6 Å². The Kier molecular flexibility index (Phi) is 2.55. The van der Waals surface area contributed by atoms with Gasteiger partial charge in [-0.3, -0.25) is 10.1 Å². The summed E-state index contributed by atoms with van der Waals surface area (Å²) in [5.41, 5.74) is 0.961. The van der Waals surface area contributed by atoms with Crippen molar-refractivity contribution in [3.8, 4) is 5.69 Å². The third-order valence-corrected chi connectivity index (χ3v) is 2.66. The topological polar surface area (TPSA) is 48.1 Å². The van der Waals surface area contributed by atoms with Crippen molar-refractivity contribution in [2.75, 3.05) is 0 Å². The number of nitrogens with zero attached hydrogens (tertiary/aromatic N) is 2. The van der Waals surface area contributed by atoms with E-state index >= 15 is 0 Å². The molecular formula is C10H7BrN2O2. The Morgan fingerprint density at radius 2 is 1.93 bits per heavy atom. The summed E-state index contributed by atoms with van der Waals surface area (Å²) in [4.78, 5) is 10.1. The molecular weight excluding hydrogens is 260 g/mol. The Labute approximate surface area is 94.4 Å². The lowest BCUT2D eigenvalue weighted by Crippen LogP contribution is -1.93. The maximum Gasteiger partial charge on any atom is 0.270 e. The van der Waals surface area contributed by atoms with Crippen LogP contribution in [0.5, 0.6) is 0 Å². The lowest BCUT2D eigenvalue weighted by atomic mass is 10.3. The minimum Gasteiger partial charge on any atom is -0.323 e. The van der Waals surface area contributed by atoms with E-state index in [4.69, 9.17) is 0 Å². The Balaban J connectivity index is 2.48. The molecule has 2 rings (SSSR count). The smallest absolute Gasteiger partial charge is 0.270 e. The molecule has 0 radical (unpaired) electrons. The third-order valence-electron chi connectivity index (χ3n) is 2.02. The molecule has 0 amide bonds. The highest BCUT2D eigenvalue weighted by Crippen LogP contribution is 2.25. The molecule has 0 aliphatic carbocycles. The third kappa shape index (κ3) is 1.92. The summed E-state index contributed by atoms with van der Waals surface area (Å²) >= 11 is 3.31. The summed E-state index contributed by atoms with van der Waals surface area (Å²) in [6.45, 7) is 0. The zero-order valence-electron chi connectivity index (χ0n) is 7.63. The molecule has 76 valence electrons. The SMILES string of the molecule is O=[N+]([O-])c1ccc(-n2cccc2)c(Br)c1. The van der Waals surface area contributed by atoms with Gasteiger partial charge in [0.15, 0.2) is 0 Å². The number of benzene rings is 1. The molecule has 0 saturated heterocycles. The molecule has 1 aromatic carbocycles. The molecule has 5 heteroatoms. The van der Waals surface area contributed by atoms with Gasteiger partial charge in [0, 0.05) is 29.0 Å². The van der Waals surface area contributed by atoms with Crippen molar-refractivity contribution in [1.82, 2.24) is 4.57 Å². The minimum absolute atomic E-state index is 0.0813. The summed E-state index contributed by atoms with van der Waals surface area (Å²) < 4.78 is 2.58. The molecule has 0 fully saturated rings. The maximum atomic E-state index is 10.5. The number of hydrogen-bond acceptors (Lipinski definition) is 2. The molecule has 15 heavy (non-hydrogen) atoms. The molecule has 0 spiro atoms. The van der Waals surface area contributed by atoms with Crippen LogP contribution in [0.3, 0.4) is 0 Å². The van der Waals surface area contributed by atoms with E-state index in [1.165, 1.54) is 12.1 Å². The quantitative estimate of drug-likeness (QED) is 0.619. The molecule has 0 unspecified atom stereocenters. The summed E-state index contributed by atoms with van der Waals surface area (Å²) in [7, 11) is 0. The molecule has 1 aromatic heterocycles. The van der Waals surface area contributed by atoms with E-state index in [1.54, 1.807) is 6.07 Å². The Morgan fingerprint density at radius 1 is 1.27 bits per heavy atom. The van der Waals surface area contributed by atoms with E-state index in [1.807, 2.05) is 29.1 Å². The number of rotatable bonds is 2. The van der Waals surface area contributed by atoms with Gasteiger partial charge in [0.25, 0.3) is 5.69 Å². The number of non-ortho nitro benzene ring substituents is 1. The predicted octanol–water partition coefficient (Wildman–Crippen LogP) is 3.15. The van der Waals surface area contributed by atoms with E-state index in [0.717, 1.165) is 5.69 Å². The highest BCUT2D eigenvalue weighted by Gasteiger charge is 2.09. The predicted molar refractivity (Wildman–Crippen MR) is 60.1 cm³/mol. The monoisotopic (exact) mass is 266 g/mol. The average Bonchev–Trinajstić information content (AvgIpc) is 2.70. The van der Waals surface area contributed by atoms with Gasteiger partial charge in [-0.2, -0.15) is 0 Å². The van der Waals surface area contributed by atoms with Crippen LogP contribution in [0.15, 0.2) is 47.2 Å². The molecule has 1 heterocycles. The minimum atomic E-state index is -0.412. The molecule has 2 aromatic rings. The van der Waals surface area contributed by atoms with Crippen LogP contribution in [0.25, 0.3) is 5.69 Å². The van der Waals surface area contributed by atoms with Crippen LogP contribution in [0.2, 0.25) is 0 Å². The first-order chi connectivity index (χ1) is 7.18. The molecule has 0 aliphatic rings. The number of nitro benzene ring substituents is 1. The van der Waals surface area contributed by atoms with Gasteiger partial charge in [-0.15, -0.1) is 0 Å². The van der Waals surface area contributed by atoms with E-state index in [0.29, 0.717) is 4.47 Å². The van der Waals surface area contributed by atoms with Crippen molar-refractivity contribution in [3.63, 3.8) is 0 Å². The van der Waals surface area contributed by atoms with Crippen LogP contribution in [-0.2, 0) is 0 Å². The normalized spacial score (nSPS) is 10.2. The van der Waals surface area contributed by atoms with Gasteiger partial charge in [0.05, 0.1) is 10.6 Å². The van der Waals surface area contributed by atoms with Gasteiger partial charge in [0.1, 0.15) is 0 Å². The van der Waals surface area contributed by atoms with Gasteiger partial charge in [0.2, 0.25) is 0 Å². The van der Waals surface area contributed by atoms with Crippen LogP contribution < -0.4 is 0 Å². The molecule has 4 nitrogen and oxygen atoms in total. The van der Waals surface area contributed by atoms with Crippen molar-refractivity contribution in [3.05, 3.63) is 57.3 Å². The van der Waals surface area contributed by atoms with E-state index in [2.05, 4.69) is 15.9 Å². The fourth-order valence-electron chi connectivity index (χ4n) is 1.31. The summed E-state index contributed by atoms with van der Waals surface area (Å²) in [6, 6.07) is 8.49.